The Kier molecular flexibility index (Phi) is 4.70. The molecule has 4 N–H and O–H groups in total. The fraction of sp³-hybridized carbons (Fsp3) is 0.593. The topological polar surface area (TPSA) is 85.9 Å². The van der Waals surface area contributed by atoms with Crippen LogP contribution in [0, 0.1) is 23.0 Å². The number of hydrogen-bond acceptors (Lipinski definition) is 6. The molecule has 1 aromatic carbocycles. The second kappa shape index (κ2) is 9.32. The Morgan fingerprint density at radius 1 is 1.49 bits per heavy atom. The predicted molar refractivity (Wildman–Crippen MR) is 133 cm³/mol. The van der Waals surface area contributed by atoms with E-state index in [2.05, 4.69) is 5.32 Å². The van der Waals surface area contributed by atoms with Crippen molar-refractivity contribution in [3.05, 3.63) is 58.3 Å². The second-order valence-electron chi connectivity index (χ2n) is 10.2. The van der Waals surface area contributed by atoms with Crippen molar-refractivity contribution in [2.45, 2.75) is 64.6 Å². The Hall–Kier alpha value is -2.56. The summed E-state index contributed by atoms with van der Waals surface area (Å²) in [6, 6.07) is -0.925. The molecule has 4 rings (SSSR count). The number of methoxy groups -OCH3 is 1. The Bertz CT molecular complexity index is 1510. The Morgan fingerprint density at radius 3 is 2.78 bits per heavy atom. The van der Waals surface area contributed by atoms with Gasteiger partial charge in [0.2, 0.25) is 5.91 Å². The molecule has 0 radical (unpaired) electrons. The van der Waals surface area contributed by atoms with E-state index in [1.54, 1.807) is 0 Å². The molecule has 1 amide bonds. The highest BCUT2D eigenvalue weighted by Crippen LogP contribution is 2.53. The highest BCUT2D eigenvalue weighted by Gasteiger charge is 2.57. The molecule has 3 aliphatic rings. The molecule has 2 aliphatic heterocycles. The molecule has 5 atom stereocenters. The van der Waals surface area contributed by atoms with E-state index >= 15 is 13.2 Å². The van der Waals surface area contributed by atoms with E-state index < -0.39 is 94.2 Å². The number of hydrogen-bond donors (Lipinski definition) is 4. The van der Waals surface area contributed by atoms with Gasteiger partial charge in [-0.15, -0.1) is 0 Å². The van der Waals surface area contributed by atoms with Gasteiger partial charge in [-0.25, -0.2) is 9.81 Å². The molecule has 1 aromatic rings. The quantitative estimate of drug-likeness (QED) is 0.430. The maximum atomic E-state index is 15.8. The van der Waals surface area contributed by atoms with Crippen LogP contribution >= 0.6 is 0 Å². The average molecular weight is 531 g/mol. The highest BCUT2D eigenvalue weighted by atomic mass is 19.3. The summed E-state index contributed by atoms with van der Waals surface area (Å²) in [7, 11) is 2.46. The minimum absolute atomic E-state index is 0.106. The van der Waals surface area contributed by atoms with Crippen LogP contribution in [0.15, 0.2) is 41.3 Å². The van der Waals surface area contributed by atoms with Crippen LogP contribution in [-0.4, -0.2) is 48.3 Å². The van der Waals surface area contributed by atoms with Gasteiger partial charge in [0.15, 0.2) is 1.41 Å². The smallest absolute Gasteiger partial charge is 0.303 e. The van der Waals surface area contributed by atoms with Gasteiger partial charge in [0.25, 0.3) is 0 Å². The van der Waals surface area contributed by atoms with E-state index in [4.69, 9.17) is 10.3 Å². The lowest BCUT2D eigenvalue weighted by Crippen LogP contribution is -2.50. The summed E-state index contributed by atoms with van der Waals surface area (Å²) in [5.74, 6) is -12.0. The van der Waals surface area contributed by atoms with Crippen molar-refractivity contribution < 1.29 is 38.9 Å². The first-order valence-corrected chi connectivity index (χ1v) is 11.7. The van der Waals surface area contributed by atoms with Crippen LogP contribution in [0.5, 0.6) is 0 Å². The SMILES string of the molecule is [2H]C1=C2C(N[C@H](C)c3cccc(C(F)(F)C(C)(C)O)c3F)=C3N(C)C(=O)C(C)(COC)C3([2H])C([2H])([2H])C2([2H])C([2H])(C)N([2H])N1[2H]. The third-order valence-electron chi connectivity index (χ3n) is 7.01. The van der Waals surface area contributed by atoms with Crippen molar-refractivity contribution in [1.82, 2.24) is 21.1 Å². The Labute approximate surface area is 227 Å². The number of nitrogens with one attached hydrogen (secondary N) is 3. The number of hydrazine groups is 1. The number of carbonyl (C=O) groups excluding carboxylic acids is 1. The number of carbonyl (C=O) groups is 1. The first-order chi connectivity index (χ1) is 20.3. The van der Waals surface area contributed by atoms with Crippen LogP contribution in [0.3, 0.4) is 0 Å². The number of nitrogens with zero attached hydrogens (tertiary/aromatic N) is 1. The van der Waals surface area contributed by atoms with Gasteiger partial charge in [0, 0.05) is 56.3 Å². The molecule has 10 heteroatoms. The van der Waals surface area contributed by atoms with E-state index in [-0.39, 0.29) is 16.4 Å². The monoisotopic (exact) mass is 530 g/mol. The van der Waals surface area contributed by atoms with Crippen LogP contribution in [0.2, 0.25) is 2.82 Å². The number of ether oxygens (including phenoxy) is 1. The van der Waals surface area contributed by atoms with Gasteiger partial charge in [-0.1, -0.05) is 12.1 Å². The minimum atomic E-state index is -4.04. The van der Waals surface area contributed by atoms with Crippen LogP contribution in [-0.2, 0) is 15.5 Å². The maximum absolute atomic E-state index is 15.8. The van der Waals surface area contributed by atoms with E-state index in [9.17, 15) is 15.4 Å². The number of rotatable bonds is 7. The summed E-state index contributed by atoms with van der Waals surface area (Å²) in [4.78, 5) is 14.8. The van der Waals surface area contributed by atoms with Crippen molar-refractivity contribution in [2.24, 2.45) is 17.2 Å². The molecule has 0 aromatic heterocycles. The fourth-order valence-electron chi connectivity index (χ4n) is 4.83. The van der Waals surface area contributed by atoms with E-state index in [0.29, 0.717) is 0 Å². The normalized spacial score (nSPS) is 40.5. The molecule has 0 spiro atoms. The number of aliphatic hydroxyl groups is 1. The molecular weight excluding hydrogens is 485 g/mol. The van der Waals surface area contributed by atoms with Gasteiger partial charge >= 0.3 is 5.92 Å². The summed E-state index contributed by atoms with van der Waals surface area (Å²) in [5.41, 5.74) is -7.45. The summed E-state index contributed by atoms with van der Waals surface area (Å²) in [6.45, 7) is 4.67. The second-order valence-corrected chi connectivity index (χ2v) is 10.2. The number of halogens is 3. The van der Waals surface area contributed by atoms with Gasteiger partial charge < -0.3 is 25.5 Å². The van der Waals surface area contributed by atoms with Crippen LogP contribution < -0.4 is 16.2 Å². The summed E-state index contributed by atoms with van der Waals surface area (Å²) >= 11 is 0. The van der Waals surface area contributed by atoms with Crippen molar-refractivity contribution in [2.75, 3.05) is 20.8 Å². The molecule has 1 fully saturated rings. The molecular formula is C27H37F3N4O3. The summed E-state index contributed by atoms with van der Waals surface area (Å²) in [6.07, 6.45) is -4.17. The van der Waals surface area contributed by atoms with Crippen molar-refractivity contribution in [3.8, 4) is 0 Å². The molecule has 2 heterocycles. The van der Waals surface area contributed by atoms with Gasteiger partial charge in [0.1, 0.15) is 12.8 Å². The maximum Gasteiger partial charge on any atom is 0.303 e. The number of allylic oxidation sites excluding steroid dienone is 2. The van der Waals surface area contributed by atoms with E-state index in [1.807, 2.05) is 0 Å². The lowest BCUT2D eigenvalue weighted by molar-refractivity contribution is -0.170. The summed E-state index contributed by atoms with van der Waals surface area (Å²) < 4.78 is 124. The standard InChI is InChI=1S/C27H37F3N4O3/c1-14(16-9-8-10-19(21(16)28)27(29,30)25(3,4)36)32-22-18-12-31-33-15(2)17(18)11-20-23(22)34(6)24(35)26(20,5)13-37-7/h8-10,12,14-15,17,20,31-33,36H,11,13H2,1-7H3/t14-,15?,17?,20?,26?/m1/s1/i11D2,12D,15D,17D,20D/hD2. The molecule has 37 heavy (non-hydrogen) atoms. The number of benzene rings is 1. The molecule has 1 saturated heterocycles. The zero-order valence-electron chi connectivity index (χ0n) is 29.8. The third kappa shape index (κ3) is 4.23. The molecule has 0 saturated carbocycles. The van der Waals surface area contributed by atoms with Crippen LogP contribution in [0.4, 0.5) is 13.2 Å². The molecule has 0 bridgehead atoms. The zero-order chi connectivity index (χ0) is 34.7. The lowest BCUT2D eigenvalue weighted by Gasteiger charge is -2.43. The van der Waals surface area contributed by atoms with Crippen LogP contribution in [0.25, 0.3) is 0 Å². The first-order valence-electron chi connectivity index (χ1n) is 15.6. The van der Waals surface area contributed by atoms with Gasteiger partial charge in [-0.05, 0) is 52.6 Å². The lowest BCUT2D eigenvalue weighted by atomic mass is 9.67. The van der Waals surface area contributed by atoms with Gasteiger partial charge in [0.05, 0.1) is 30.7 Å². The number of alkyl halides is 2. The van der Waals surface area contributed by atoms with Crippen molar-refractivity contribution >= 4 is 5.91 Å². The molecule has 204 valence electrons. The zero-order valence-corrected chi connectivity index (χ0v) is 21.8. The van der Waals surface area contributed by atoms with E-state index in [1.165, 1.54) is 34.1 Å². The largest absolute Gasteiger partial charge is 0.384 e. The van der Waals surface area contributed by atoms with Crippen molar-refractivity contribution in [1.29, 1.82) is 0 Å². The minimum Gasteiger partial charge on any atom is -0.384 e. The number of amides is 1. The average Bonchev–Trinajstić information content (AvgIpc) is 3.07. The highest BCUT2D eigenvalue weighted by molar-refractivity contribution is 5.89. The number of fused-ring (bicyclic) bond motifs is 2. The Morgan fingerprint density at radius 2 is 2.16 bits per heavy atom. The van der Waals surface area contributed by atoms with Crippen LogP contribution in [0.1, 0.15) is 66.4 Å². The van der Waals surface area contributed by atoms with E-state index in [0.717, 1.165) is 37.8 Å². The number of likely N-dealkylation sites (tertiary alicyclic amines) is 1. The predicted octanol–water partition coefficient (Wildman–Crippen LogP) is 3.69. The molecule has 7 nitrogen and oxygen atoms in total. The third-order valence-corrected chi connectivity index (χ3v) is 7.01. The fourth-order valence-corrected chi connectivity index (χ4v) is 4.83. The Balaban J connectivity index is 2.10. The van der Waals surface area contributed by atoms with Gasteiger partial charge in [-0.3, -0.25) is 4.79 Å². The molecule has 1 aliphatic carbocycles. The molecule has 4 unspecified atom stereocenters. The van der Waals surface area contributed by atoms with Gasteiger partial charge in [-0.2, -0.15) is 8.78 Å². The first kappa shape index (κ1) is 18.7. The van der Waals surface area contributed by atoms with Crippen molar-refractivity contribution in [3.63, 3.8) is 0 Å². The summed E-state index contributed by atoms with van der Waals surface area (Å²) in [5, 5.41) is 12.9.